The summed E-state index contributed by atoms with van der Waals surface area (Å²) in [6, 6.07) is -0.239. The van der Waals surface area contributed by atoms with Crippen molar-refractivity contribution < 1.29 is 19.2 Å². The van der Waals surface area contributed by atoms with Crippen molar-refractivity contribution in [3.05, 3.63) is 0 Å². The van der Waals surface area contributed by atoms with E-state index in [-0.39, 0.29) is 29.7 Å². The van der Waals surface area contributed by atoms with E-state index >= 15 is 0 Å². The summed E-state index contributed by atoms with van der Waals surface area (Å²) >= 11 is 0. The molecule has 0 aromatic carbocycles. The van der Waals surface area contributed by atoms with Crippen molar-refractivity contribution in [1.82, 2.24) is 14.9 Å². The van der Waals surface area contributed by atoms with Gasteiger partial charge in [0.2, 0.25) is 23.6 Å². The van der Waals surface area contributed by atoms with Crippen LogP contribution in [-0.2, 0) is 19.2 Å². The summed E-state index contributed by atoms with van der Waals surface area (Å²) in [6.45, 7) is 3.51. The van der Waals surface area contributed by atoms with Crippen molar-refractivity contribution in [3.8, 4) is 0 Å². The minimum atomic E-state index is -0.657. The number of carbonyl (C=O) groups excluding carboxylic acids is 4. The highest BCUT2D eigenvalue weighted by Gasteiger charge is 2.73. The molecule has 108 valence electrons. The van der Waals surface area contributed by atoms with Crippen LogP contribution in [0.5, 0.6) is 0 Å². The second kappa shape index (κ2) is 3.88. The molecule has 7 nitrogen and oxygen atoms in total. The number of imide groups is 2. The molecule has 1 aliphatic carbocycles. The van der Waals surface area contributed by atoms with Crippen LogP contribution in [0.3, 0.4) is 0 Å². The number of hydrogen-bond donors (Lipinski definition) is 0. The van der Waals surface area contributed by atoms with Gasteiger partial charge in [-0.05, 0) is 13.8 Å². The minimum absolute atomic E-state index is 0.239. The van der Waals surface area contributed by atoms with Crippen molar-refractivity contribution in [2.45, 2.75) is 19.9 Å². The molecule has 3 rings (SSSR count). The largest absolute Gasteiger partial charge is 0.280 e. The van der Waals surface area contributed by atoms with Crippen LogP contribution >= 0.6 is 0 Å². The standard InChI is InChI=1S/C13H17N3O4/c1-5(2)15-10(17)6-7(11(15)18)9-8(6)12(19)16(13(9)20)14(3)4/h5-9H,1-4H3. The van der Waals surface area contributed by atoms with Crippen LogP contribution in [-0.4, -0.2) is 58.7 Å². The molecule has 4 atom stereocenters. The van der Waals surface area contributed by atoms with Gasteiger partial charge in [0.1, 0.15) is 0 Å². The first kappa shape index (κ1) is 13.2. The first-order valence-corrected chi connectivity index (χ1v) is 6.71. The lowest BCUT2D eigenvalue weighted by Gasteiger charge is -2.36. The Morgan fingerprint density at radius 2 is 1.15 bits per heavy atom. The number of amides is 4. The summed E-state index contributed by atoms with van der Waals surface area (Å²) in [4.78, 5) is 50.3. The second-order valence-electron chi connectivity index (χ2n) is 6.08. The van der Waals surface area contributed by atoms with Gasteiger partial charge >= 0.3 is 0 Å². The average Bonchev–Trinajstić information content (AvgIpc) is 2.56. The third kappa shape index (κ3) is 1.28. The van der Waals surface area contributed by atoms with Gasteiger partial charge in [-0.15, -0.1) is 0 Å². The predicted molar refractivity (Wildman–Crippen MR) is 66.5 cm³/mol. The fourth-order valence-electron chi connectivity index (χ4n) is 3.70. The number of hydrogen-bond acceptors (Lipinski definition) is 5. The van der Waals surface area contributed by atoms with E-state index in [9.17, 15) is 19.2 Å². The van der Waals surface area contributed by atoms with Crippen molar-refractivity contribution in [3.63, 3.8) is 0 Å². The second-order valence-corrected chi connectivity index (χ2v) is 6.08. The topological polar surface area (TPSA) is 78.0 Å². The lowest BCUT2D eigenvalue weighted by Crippen LogP contribution is -2.50. The van der Waals surface area contributed by atoms with Gasteiger partial charge in [0.15, 0.2) is 0 Å². The van der Waals surface area contributed by atoms with Crippen molar-refractivity contribution in [1.29, 1.82) is 0 Å². The Balaban J connectivity index is 1.96. The van der Waals surface area contributed by atoms with Gasteiger partial charge < -0.3 is 0 Å². The molecule has 2 aliphatic heterocycles. The molecule has 2 heterocycles. The van der Waals surface area contributed by atoms with Gasteiger partial charge in [-0.25, -0.2) is 10.0 Å². The molecule has 0 aromatic heterocycles. The number of likely N-dealkylation sites (tertiary alicyclic amines) is 1. The zero-order chi connectivity index (χ0) is 14.9. The highest BCUT2D eigenvalue weighted by molar-refractivity contribution is 6.17. The minimum Gasteiger partial charge on any atom is -0.280 e. The zero-order valence-electron chi connectivity index (χ0n) is 11.9. The van der Waals surface area contributed by atoms with Gasteiger partial charge in [-0.2, -0.15) is 0 Å². The molecule has 0 aromatic rings. The molecule has 0 spiro atoms. The van der Waals surface area contributed by atoms with E-state index in [0.717, 1.165) is 5.01 Å². The van der Waals surface area contributed by atoms with E-state index in [4.69, 9.17) is 0 Å². The fourth-order valence-corrected chi connectivity index (χ4v) is 3.70. The van der Waals surface area contributed by atoms with E-state index in [2.05, 4.69) is 0 Å². The summed E-state index contributed by atoms with van der Waals surface area (Å²) < 4.78 is 0. The van der Waals surface area contributed by atoms with Crippen LogP contribution in [0, 0.1) is 23.7 Å². The van der Waals surface area contributed by atoms with Crippen molar-refractivity contribution in [2.24, 2.45) is 23.7 Å². The summed E-state index contributed by atoms with van der Waals surface area (Å²) in [7, 11) is 3.20. The molecule has 0 bridgehead atoms. The highest BCUT2D eigenvalue weighted by Crippen LogP contribution is 2.56. The van der Waals surface area contributed by atoms with Gasteiger partial charge in [-0.1, -0.05) is 0 Å². The average molecular weight is 279 g/mol. The molecule has 1 saturated carbocycles. The summed E-state index contributed by atoms with van der Waals surface area (Å²) in [5.74, 6) is -3.94. The first-order valence-electron chi connectivity index (χ1n) is 6.71. The van der Waals surface area contributed by atoms with Gasteiger partial charge in [0.05, 0.1) is 23.7 Å². The molecule has 7 heteroatoms. The van der Waals surface area contributed by atoms with Crippen LogP contribution < -0.4 is 0 Å². The Kier molecular flexibility index (Phi) is 2.57. The van der Waals surface area contributed by atoms with Crippen LogP contribution in [0.1, 0.15) is 13.8 Å². The van der Waals surface area contributed by atoms with Crippen LogP contribution in [0.2, 0.25) is 0 Å². The highest BCUT2D eigenvalue weighted by atomic mass is 16.2. The maximum absolute atomic E-state index is 12.3. The zero-order valence-corrected chi connectivity index (χ0v) is 11.9. The van der Waals surface area contributed by atoms with E-state index < -0.39 is 23.7 Å². The maximum atomic E-state index is 12.3. The molecule has 2 saturated heterocycles. The molecule has 4 unspecified atom stereocenters. The van der Waals surface area contributed by atoms with Gasteiger partial charge in [0.25, 0.3) is 0 Å². The van der Waals surface area contributed by atoms with Crippen LogP contribution in [0.4, 0.5) is 0 Å². The fraction of sp³-hybridized carbons (Fsp3) is 0.692. The normalized spacial score (nSPS) is 36.1. The smallest absolute Gasteiger partial charge is 0.248 e. The number of rotatable bonds is 2. The third-order valence-electron chi connectivity index (χ3n) is 4.50. The summed E-state index contributed by atoms with van der Waals surface area (Å²) in [6.07, 6.45) is 0. The molecular weight excluding hydrogens is 262 g/mol. The Labute approximate surface area is 116 Å². The van der Waals surface area contributed by atoms with Gasteiger partial charge in [0, 0.05) is 20.1 Å². The summed E-state index contributed by atoms with van der Waals surface area (Å²) in [5, 5.41) is 2.46. The maximum Gasteiger partial charge on any atom is 0.248 e. The molecule has 20 heavy (non-hydrogen) atoms. The molecule has 3 aliphatic rings. The number of carbonyl (C=O) groups is 4. The molecule has 3 fully saturated rings. The van der Waals surface area contributed by atoms with E-state index in [1.54, 1.807) is 27.9 Å². The number of hydrazine groups is 1. The molecule has 4 amide bonds. The Morgan fingerprint density at radius 3 is 1.45 bits per heavy atom. The quantitative estimate of drug-likeness (QED) is 0.611. The molecule has 0 radical (unpaired) electrons. The number of fused-ring (bicyclic) bond motifs is 4. The Bertz CT molecular complexity index is 446. The lowest BCUT2D eigenvalue weighted by atomic mass is 9.59. The Morgan fingerprint density at radius 1 is 0.800 bits per heavy atom. The third-order valence-corrected chi connectivity index (χ3v) is 4.50. The van der Waals surface area contributed by atoms with E-state index in [1.165, 1.54) is 9.91 Å². The predicted octanol–water partition coefficient (Wildman–Crippen LogP) is -0.913. The van der Waals surface area contributed by atoms with Crippen molar-refractivity contribution >= 4 is 23.6 Å². The SMILES string of the molecule is CC(C)N1C(=O)C2C(C1=O)C1C(=O)N(N(C)C)C(=O)C21. The summed E-state index contributed by atoms with van der Waals surface area (Å²) in [5.41, 5.74) is 0. The number of nitrogens with zero attached hydrogens (tertiary/aromatic N) is 3. The van der Waals surface area contributed by atoms with Crippen LogP contribution in [0.15, 0.2) is 0 Å². The first-order chi connectivity index (χ1) is 9.29. The van der Waals surface area contributed by atoms with Gasteiger partial charge in [-0.3, -0.25) is 24.1 Å². The Hall–Kier alpha value is -1.76. The van der Waals surface area contributed by atoms with E-state index in [1.807, 2.05) is 0 Å². The van der Waals surface area contributed by atoms with Crippen molar-refractivity contribution in [2.75, 3.05) is 14.1 Å². The molecule has 0 N–H and O–H groups in total. The van der Waals surface area contributed by atoms with E-state index in [0.29, 0.717) is 0 Å². The molecular formula is C13H17N3O4. The lowest BCUT2D eigenvalue weighted by molar-refractivity contribution is -0.155. The van der Waals surface area contributed by atoms with Crippen LogP contribution in [0.25, 0.3) is 0 Å². The monoisotopic (exact) mass is 279 g/mol.